The highest BCUT2D eigenvalue weighted by molar-refractivity contribution is 5.84. The Morgan fingerprint density at radius 3 is 2.50 bits per heavy atom. The third-order valence-electron chi connectivity index (χ3n) is 2.76. The van der Waals surface area contributed by atoms with Crippen molar-refractivity contribution in [3.63, 3.8) is 0 Å². The monoisotopic (exact) mass is 221 g/mol. The summed E-state index contributed by atoms with van der Waals surface area (Å²) >= 11 is 0. The molecule has 0 aliphatic rings. The molecule has 0 bridgehead atoms. The first-order chi connectivity index (χ1) is 7.63. The molecule has 0 fully saturated rings. The van der Waals surface area contributed by atoms with Crippen LogP contribution in [0.4, 0.5) is 10.5 Å². The van der Waals surface area contributed by atoms with E-state index in [0.717, 1.165) is 12.1 Å². The lowest BCUT2D eigenvalue weighted by atomic mass is 10.0. The van der Waals surface area contributed by atoms with Crippen molar-refractivity contribution in [1.29, 1.82) is 0 Å². The molecule has 0 aromatic heterocycles. The van der Waals surface area contributed by atoms with Gasteiger partial charge in [-0.15, -0.1) is 0 Å². The molecular weight excluding hydrogens is 202 g/mol. The zero-order valence-electron chi connectivity index (χ0n) is 10.1. The number of rotatable bonds is 4. The van der Waals surface area contributed by atoms with Crippen LogP contribution in [0.25, 0.3) is 0 Å². The van der Waals surface area contributed by atoms with E-state index in [1.165, 1.54) is 0 Å². The number of nitrogens with one attached hydrogen (secondary N) is 1. The van der Waals surface area contributed by atoms with Crippen molar-refractivity contribution >= 4 is 11.8 Å². The van der Waals surface area contributed by atoms with Gasteiger partial charge in [-0.1, -0.05) is 38.5 Å². The number of para-hydroxylation sites is 1. The van der Waals surface area contributed by atoms with E-state index in [1.54, 1.807) is 0 Å². The van der Waals surface area contributed by atoms with E-state index in [-0.39, 0.29) is 12.2 Å². The van der Waals surface area contributed by atoms with E-state index in [9.17, 15) is 4.79 Å². The van der Waals surface area contributed by atoms with Gasteiger partial charge < -0.3 is 4.74 Å². The third kappa shape index (κ3) is 3.93. The van der Waals surface area contributed by atoms with Crippen LogP contribution in [-0.4, -0.2) is 12.2 Å². The zero-order chi connectivity index (χ0) is 12.0. The highest BCUT2D eigenvalue weighted by Crippen LogP contribution is 2.12. The van der Waals surface area contributed by atoms with Crippen LogP contribution in [0, 0.1) is 5.92 Å². The molecule has 88 valence electrons. The Balaban J connectivity index is 2.42. The number of amides is 1. The molecule has 1 amide bonds. The Morgan fingerprint density at radius 1 is 1.31 bits per heavy atom. The second kappa shape index (κ2) is 6.16. The molecule has 3 heteroatoms. The van der Waals surface area contributed by atoms with Gasteiger partial charge in [0.05, 0.1) is 0 Å². The van der Waals surface area contributed by atoms with Crippen molar-refractivity contribution in [1.82, 2.24) is 0 Å². The minimum Gasteiger partial charge on any atom is -0.446 e. The Kier molecular flexibility index (Phi) is 4.83. The smallest absolute Gasteiger partial charge is 0.411 e. The summed E-state index contributed by atoms with van der Waals surface area (Å²) in [6.07, 6.45) is 0.549. The van der Waals surface area contributed by atoms with Crippen LogP contribution in [0.1, 0.15) is 27.2 Å². The average Bonchev–Trinajstić information content (AvgIpc) is 2.29. The normalized spacial score (nSPS) is 13.9. The summed E-state index contributed by atoms with van der Waals surface area (Å²) in [6.45, 7) is 6.07. The molecular formula is C13H19NO2. The highest BCUT2D eigenvalue weighted by atomic mass is 16.6. The van der Waals surface area contributed by atoms with Gasteiger partial charge in [-0.3, -0.25) is 5.32 Å². The maximum absolute atomic E-state index is 11.5. The van der Waals surface area contributed by atoms with Gasteiger partial charge in [-0.25, -0.2) is 4.79 Å². The summed E-state index contributed by atoms with van der Waals surface area (Å²) < 4.78 is 5.26. The Labute approximate surface area is 96.8 Å². The molecule has 1 aromatic rings. The van der Waals surface area contributed by atoms with Crippen molar-refractivity contribution in [2.75, 3.05) is 5.32 Å². The summed E-state index contributed by atoms with van der Waals surface area (Å²) in [5.74, 6) is 0.376. The number of carbonyl (C=O) groups is 1. The van der Waals surface area contributed by atoms with E-state index in [4.69, 9.17) is 4.74 Å². The van der Waals surface area contributed by atoms with Crippen LogP contribution in [-0.2, 0) is 4.74 Å². The molecule has 2 unspecified atom stereocenters. The molecule has 0 saturated carbocycles. The van der Waals surface area contributed by atoms with Crippen molar-refractivity contribution in [3.8, 4) is 0 Å². The largest absolute Gasteiger partial charge is 0.446 e. The van der Waals surface area contributed by atoms with Crippen LogP contribution < -0.4 is 5.32 Å². The van der Waals surface area contributed by atoms with Crippen LogP contribution in [0.3, 0.4) is 0 Å². The number of anilines is 1. The first-order valence-corrected chi connectivity index (χ1v) is 5.66. The fourth-order valence-corrected chi connectivity index (χ4v) is 1.29. The lowest BCUT2D eigenvalue weighted by molar-refractivity contribution is 0.0877. The fourth-order valence-electron chi connectivity index (χ4n) is 1.29. The van der Waals surface area contributed by atoms with Gasteiger partial charge in [0.25, 0.3) is 0 Å². The summed E-state index contributed by atoms with van der Waals surface area (Å²) in [5, 5.41) is 2.69. The summed E-state index contributed by atoms with van der Waals surface area (Å²) in [7, 11) is 0. The van der Waals surface area contributed by atoms with Gasteiger partial charge in [0.1, 0.15) is 6.10 Å². The molecule has 1 N–H and O–H groups in total. The molecule has 16 heavy (non-hydrogen) atoms. The molecule has 1 aromatic carbocycles. The third-order valence-corrected chi connectivity index (χ3v) is 2.76. The minimum atomic E-state index is -0.390. The predicted octanol–water partition coefficient (Wildman–Crippen LogP) is 3.67. The molecule has 0 aliphatic carbocycles. The number of hydrogen-bond donors (Lipinski definition) is 1. The number of ether oxygens (including phenoxy) is 1. The number of hydrogen-bond acceptors (Lipinski definition) is 2. The van der Waals surface area contributed by atoms with E-state index in [2.05, 4.69) is 19.2 Å². The number of carbonyl (C=O) groups excluding carboxylic acids is 1. The standard InChI is InChI=1S/C13H19NO2/c1-4-10(2)11(3)16-13(15)14-12-8-6-5-7-9-12/h5-11H,4H2,1-3H3,(H,14,15). The van der Waals surface area contributed by atoms with E-state index >= 15 is 0 Å². The van der Waals surface area contributed by atoms with Crippen molar-refractivity contribution in [2.45, 2.75) is 33.3 Å². The summed E-state index contributed by atoms with van der Waals surface area (Å²) in [5.41, 5.74) is 0.754. The highest BCUT2D eigenvalue weighted by Gasteiger charge is 2.14. The first kappa shape index (κ1) is 12.6. The zero-order valence-corrected chi connectivity index (χ0v) is 10.1. The molecule has 0 heterocycles. The van der Waals surface area contributed by atoms with Crippen LogP contribution >= 0.6 is 0 Å². The van der Waals surface area contributed by atoms with Gasteiger partial charge in [-0.05, 0) is 25.0 Å². The van der Waals surface area contributed by atoms with Gasteiger partial charge in [-0.2, -0.15) is 0 Å². The molecule has 2 atom stereocenters. The van der Waals surface area contributed by atoms with Crippen molar-refractivity contribution in [2.24, 2.45) is 5.92 Å². The molecule has 0 saturated heterocycles. The Hall–Kier alpha value is -1.51. The minimum absolute atomic E-state index is 0.0614. The maximum Gasteiger partial charge on any atom is 0.411 e. The Morgan fingerprint density at radius 2 is 1.94 bits per heavy atom. The molecule has 0 spiro atoms. The van der Waals surface area contributed by atoms with Gasteiger partial charge in [0.15, 0.2) is 0 Å². The Bertz CT molecular complexity index is 324. The molecule has 3 nitrogen and oxygen atoms in total. The first-order valence-electron chi connectivity index (χ1n) is 5.66. The lowest BCUT2D eigenvalue weighted by Gasteiger charge is -2.19. The predicted molar refractivity (Wildman–Crippen MR) is 65.5 cm³/mol. The van der Waals surface area contributed by atoms with Crippen molar-refractivity contribution in [3.05, 3.63) is 30.3 Å². The van der Waals surface area contributed by atoms with E-state index in [0.29, 0.717) is 5.92 Å². The van der Waals surface area contributed by atoms with E-state index < -0.39 is 0 Å². The average molecular weight is 221 g/mol. The molecule has 0 radical (unpaired) electrons. The SMILES string of the molecule is CCC(C)C(C)OC(=O)Nc1ccccc1. The molecule has 1 rings (SSSR count). The lowest BCUT2D eigenvalue weighted by Crippen LogP contribution is -2.24. The quantitative estimate of drug-likeness (QED) is 0.842. The molecule has 0 aliphatic heterocycles. The fraction of sp³-hybridized carbons (Fsp3) is 0.462. The van der Waals surface area contributed by atoms with Gasteiger partial charge in [0.2, 0.25) is 0 Å². The van der Waals surface area contributed by atoms with Crippen molar-refractivity contribution < 1.29 is 9.53 Å². The van der Waals surface area contributed by atoms with Crippen LogP contribution in [0.5, 0.6) is 0 Å². The van der Waals surface area contributed by atoms with Gasteiger partial charge in [0, 0.05) is 5.69 Å². The number of benzene rings is 1. The topological polar surface area (TPSA) is 38.3 Å². The van der Waals surface area contributed by atoms with Gasteiger partial charge >= 0.3 is 6.09 Å². The second-order valence-electron chi connectivity index (χ2n) is 3.99. The van der Waals surface area contributed by atoms with Crippen LogP contribution in [0.2, 0.25) is 0 Å². The van der Waals surface area contributed by atoms with E-state index in [1.807, 2.05) is 37.3 Å². The second-order valence-corrected chi connectivity index (χ2v) is 3.99. The van der Waals surface area contributed by atoms with Crippen LogP contribution in [0.15, 0.2) is 30.3 Å². The summed E-state index contributed by atoms with van der Waals surface area (Å²) in [6, 6.07) is 9.30. The summed E-state index contributed by atoms with van der Waals surface area (Å²) in [4.78, 5) is 11.5. The maximum atomic E-state index is 11.5.